The van der Waals surface area contributed by atoms with Gasteiger partial charge < -0.3 is 10.6 Å². The maximum absolute atomic E-state index is 12.0. The molecule has 0 aliphatic carbocycles. The van der Waals surface area contributed by atoms with Gasteiger partial charge in [-0.2, -0.15) is 0 Å². The van der Waals surface area contributed by atoms with Gasteiger partial charge in [-0.3, -0.25) is 19.7 Å². The summed E-state index contributed by atoms with van der Waals surface area (Å²) in [6, 6.07) is 4.62. The maximum atomic E-state index is 12.0. The van der Waals surface area contributed by atoms with Crippen LogP contribution in [0.15, 0.2) is 18.2 Å². The van der Waals surface area contributed by atoms with Gasteiger partial charge in [-0.15, -0.1) is 0 Å². The van der Waals surface area contributed by atoms with Crippen LogP contribution in [0, 0.1) is 0 Å². The number of imide groups is 1. The van der Waals surface area contributed by atoms with Crippen LogP contribution in [0.1, 0.15) is 34.6 Å². The summed E-state index contributed by atoms with van der Waals surface area (Å²) in [6.45, 7) is 3.48. The van der Waals surface area contributed by atoms with Gasteiger partial charge in [0.1, 0.15) is 0 Å². The summed E-state index contributed by atoms with van der Waals surface area (Å²) in [5.41, 5.74) is 0.370. The molecule has 19 heavy (non-hydrogen) atoms. The Morgan fingerprint density at radius 3 is 2.42 bits per heavy atom. The monoisotopic (exact) mass is 261 g/mol. The number of likely N-dealkylation sites (N-methyl/N-ethyl adjacent to an activating group) is 1. The Kier molecular flexibility index (Phi) is 3.11. The number of anilines is 1. The van der Waals surface area contributed by atoms with Crippen molar-refractivity contribution < 1.29 is 14.4 Å². The van der Waals surface area contributed by atoms with E-state index < -0.39 is 17.4 Å². The number of amides is 3. The molecule has 0 radical (unpaired) electrons. The summed E-state index contributed by atoms with van der Waals surface area (Å²) in [6.07, 6.45) is 0. The number of carbonyl (C=O) groups is 3. The zero-order valence-electron chi connectivity index (χ0n) is 11.0. The molecular formula is C13H15N3O3. The lowest BCUT2D eigenvalue weighted by Crippen LogP contribution is -2.47. The second kappa shape index (κ2) is 4.47. The molecule has 0 spiro atoms. The standard InChI is InChI=1S/C13H15N3O3/c1-13(2,14-3)12(19)15-7-4-5-8-9(6-7)11(18)16-10(8)17/h4-6,14H,1-3H3,(H,15,19)(H,16,17,18). The zero-order chi connectivity index (χ0) is 14.2. The molecular weight excluding hydrogens is 246 g/mol. The van der Waals surface area contributed by atoms with Crippen LogP contribution in [0.4, 0.5) is 5.69 Å². The fourth-order valence-electron chi connectivity index (χ4n) is 1.65. The largest absolute Gasteiger partial charge is 0.324 e. The molecule has 0 bridgehead atoms. The summed E-state index contributed by atoms with van der Waals surface area (Å²) in [5.74, 6) is -1.07. The third-order valence-corrected chi connectivity index (χ3v) is 3.19. The number of benzene rings is 1. The van der Waals surface area contributed by atoms with E-state index in [1.165, 1.54) is 12.1 Å². The van der Waals surface area contributed by atoms with E-state index in [0.29, 0.717) is 11.3 Å². The van der Waals surface area contributed by atoms with Crippen molar-refractivity contribution in [2.45, 2.75) is 19.4 Å². The van der Waals surface area contributed by atoms with E-state index in [0.717, 1.165) is 0 Å². The first kappa shape index (κ1) is 13.2. The first-order chi connectivity index (χ1) is 8.85. The normalized spacial score (nSPS) is 14.1. The molecule has 100 valence electrons. The van der Waals surface area contributed by atoms with E-state index in [2.05, 4.69) is 16.0 Å². The fourth-order valence-corrected chi connectivity index (χ4v) is 1.65. The first-order valence-corrected chi connectivity index (χ1v) is 5.85. The Morgan fingerprint density at radius 2 is 1.79 bits per heavy atom. The van der Waals surface area contributed by atoms with E-state index >= 15 is 0 Å². The lowest BCUT2D eigenvalue weighted by Gasteiger charge is -2.22. The van der Waals surface area contributed by atoms with Crippen molar-refractivity contribution in [2.75, 3.05) is 12.4 Å². The van der Waals surface area contributed by atoms with Crippen molar-refractivity contribution in [1.82, 2.24) is 10.6 Å². The topological polar surface area (TPSA) is 87.3 Å². The van der Waals surface area contributed by atoms with Gasteiger partial charge in [-0.1, -0.05) is 0 Å². The van der Waals surface area contributed by atoms with Gasteiger partial charge in [0, 0.05) is 5.69 Å². The second-order valence-electron chi connectivity index (χ2n) is 4.87. The molecule has 0 fully saturated rings. The zero-order valence-corrected chi connectivity index (χ0v) is 11.0. The maximum Gasteiger partial charge on any atom is 0.259 e. The van der Waals surface area contributed by atoms with Gasteiger partial charge in [0.05, 0.1) is 16.7 Å². The Hall–Kier alpha value is -2.21. The number of rotatable bonds is 3. The quantitative estimate of drug-likeness (QED) is 0.692. The van der Waals surface area contributed by atoms with Crippen molar-refractivity contribution in [2.24, 2.45) is 0 Å². The van der Waals surface area contributed by atoms with Gasteiger partial charge in [0.15, 0.2) is 0 Å². The van der Waals surface area contributed by atoms with Crippen LogP contribution in [0.25, 0.3) is 0 Å². The molecule has 1 aliphatic rings. The van der Waals surface area contributed by atoms with Gasteiger partial charge in [0.2, 0.25) is 5.91 Å². The van der Waals surface area contributed by atoms with Crippen molar-refractivity contribution in [1.29, 1.82) is 0 Å². The molecule has 3 amide bonds. The van der Waals surface area contributed by atoms with Crippen molar-refractivity contribution in [3.05, 3.63) is 29.3 Å². The summed E-state index contributed by atoms with van der Waals surface area (Å²) < 4.78 is 0. The number of hydrogen-bond acceptors (Lipinski definition) is 4. The molecule has 0 unspecified atom stereocenters. The van der Waals surface area contributed by atoms with Crippen LogP contribution in [0.5, 0.6) is 0 Å². The number of carbonyl (C=O) groups excluding carboxylic acids is 3. The third-order valence-electron chi connectivity index (χ3n) is 3.19. The third kappa shape index (κ3) is 2.34. The first-order valence-electron chi connectivity index (χ1n) is 5.85. The average Bonchev–Trinajstić information content (AvgIpc) is 2.64. The summed E-state index contributed by atoms with van der Waals surface area (Å²) >= 11 is 0. The minimum absolute atomic E-state index is 0.223. The predicted molar refractivity (Wildman–Crippen MR) is 70.0 cm³/mol. The number of fused-ring (bicyclic) bond motifs is 1. The van der Waals surface area contributed by atoms with E-state index in [-0.39, 0.29) is 11.5 Å². The molecule has 1 aromatic carbocycles. The fraction of sp³-hybridized carbons (Fsp3) is 0.308. The molecule has 0 atom stereocenters. The lowest BCUT2D eigenvalue weighted by molar-refractivity contribution is -0.121. The molecule has 1 heterocycles. The molecule has 1 aromatic rings. The number of hydrogen-bond donors (Lipinski definition) is 3. The molecule has 6 nitrogen and oxygen atoms in total. The SMILES string of the molecule is CNC(C)(C)C(=O)Nc1ccc2c(c1)C(=O)NC2=O. The van der Waals surface area contributed by atoms with Gasteiger partial charge in [0.25, 0.3) is 11.8 Å². The van der Waals surface area contributed by atoms with Crippen molar-refractivity contribution in [3.63, 3.8) is 0 Å². The molecule has 0 saturated carbocycles. The Bertz CT molecular complexity index is 578. The summed E-state index contributed by atoms with van der Waals surface area (Å²) in [5, 5.41) is 7.79. The van der Waals surface area contributed by atoms with E-state index in [4.69, 9.17) is 0 Å². The van der Waals surface area contributed by atoms with Crippen molar-refractivity contribution in [3.8, 4) is 0 Å². The summed E-state index contributed by atoms with van der Waals surface area (Å²) in [7, 11) is 1.69. The van der Waals surface area contributed by atoms with E-state index in [1.807, 2.05) is 0 Å². The van der Waals surface area contributed by atoms with Crippen molar-refractivity contribution >= 4 is 23.4 Å². The van der Waals surface area contributed by atoms with Gasteiger partial charge in [-0.05, 0) is 39.1 Å². The highest BCUT2D eigenvalue weighted by Gasteiger charge is 2.28. The number of nitrogens with one attached hydrogen (secondary N) is 3. The molecule has 0 saturated heterocycles. The van der Waals surface area contributed by atoms with Crippen LogP contribution in [-0.4, -0.2) is 30.3 Å². The predicted octanol–water partition coefficient (Wildman–Crippen LogP) is 0.507. The van der Waals surface area contributed by atoms with Crippen LogP contribution in [0.3, 0.4) is 0 Å². The summed E-state index contributed by atoms with van der Waals surface area (Å²) in [4.78, 5) is 34.9. The highest BCUT2D eigenvalue weighted by molar-refractivity contribution is 6.22. The molecule has 2 rings (SSSR count). The van der Waals surface area contributed by atoms with Crippen LogP contribution in [-0.2, 0) is 4.79 Å². The average molecular weight is 261 g/mol. The lowest BCUT2D eigenvalue weighted by atomic mass is 10.0. The second-order valence-corrected chi connectivity index (χ2v) is 4.87. The Morgan fingerprint density at radius 1 is 1.16 bits per heavy atom. The highest BCUT2D eigenvalue weighted by Crippen LogP contribution is 2.21. The van der Waals surface area contributed by atoms with Crippen LogP contribution in [0.2, 0.25) is 0 Å². The smallest absolute Gasteiger partial charge is 0.259 e. The molecule has 1 aliphatic heterocycles. The minimum Gasteiger partial charge on any atom is -0.324 e. The highest BCUT2D eigenvalue weighted by atomic mass is 16.2. The van der Waals surface area contributed by atoms with Gasteiger partial charge in [-0.25, -0.2) is 0 Å². The molecule has 3 N–H and O–H groups in total. The Balaban J connectivity index is 2.25. The van der Waals surface area contributed by atoms with Gasteiger partial charge >= 0.3 is 0 Å². The van der Waals surface area contributed by atoms with Crippen LogP contribution >= 0.6 is 0 Å². The van der Waals surface area contributed by atoms with Crippen LogP contribution < -0.4 is 16.0 Å². The molecule has 0 aromatic heterocycles. The molecule has 6 heteroatoms. The van der Waals surface area contributed by atoms with E-state index in [1.54, 1.807) is 27.0 Å². The van der Waals surface area contributed by atoms with E-state index in [9.17, 15) is 14.4 Å². The minimum atomic E-state index is -0.725. The Labute approximate surface area is 110 Å².